The van der Waals surface area contributed by atoms with E-state index in [1.165, 1.54) is 6.33 Å². The van der Waals surface area contributed by atoms with Gasteiger partial charge in [-0.05, 0) is 25.0 Å². The minimum Gasteiger partial charge on any atom is -0.387 e. The number of aryl methyl sites for hydroxylation is 1. The van der Waals surface area contributed by atoms with Crippen LogP contribution in [0, 0.1) is 0 Å². The van der Waals surface area contributed by atoms with E-state index in [-0.39, 0.29) is 5.56 Å². The fourth-order valence-electron chi connectivity index (χ4n) is 4.07. The Morgan fingerprint density at radius 2 is 1.94 bits per heavy atom. The lowest BCUT2D eigenvalue weighted by Crippen LogP contribution is -2.42. The second kappa shape index (κ2) is 8.36. The van der Waals surface area contributed by atoms with Crippen molar-refractivity contribution in [3.8, 4) is 11.6 Å². The summed E-state index contributed by atoms with van der Waals surface area (Å²) in [6, 6.07) is 9.62. The summed E-state index contributed by atoms with van der Waals surface area (Å²) in [7, 11) is 0. The number of benzene rings is 1. The van der Waals surface area contributed by atoms with Crippen molar-refractivity contribution in [1.29, 1.82) is 0 Å². The van der Waals surface area contributed by atoms with Gasteiger partial charge in [0.05, 0.1) is 17.6 Å². The van der Waals surface area contributed by atoms with Crippen LogP contribution in [0.25, 0.3) is 16.9 Å². The SMILES string of the molecule is CCC1(CC)NOc2nc(CCSc3ncnc4[nH]cnc34)n(-c3ccccc3)c(=O)c21. The minimum absolute atomic E-state index is 0.0911. The number of aromatic amines is 1. The van der Waals surface area contributed by atoms with Crippen molar-refractivity contribution in [3.63, 3.8) is 0 Å². The monoisotopic (exact) mass is 449 g/mol. The summed E-state index contributed by atoms with van der Waals surface area (Å²) in [6.45, 7) is 4.09. The molecule has 1 aliphatic rings. The number of imidazole rings is 1. The van der Waals surface area contributed by atoms with Crippen molar-refractivity contribution in [3.05, 3.63) is 64.7 Å². The topological polar surface area (TPSA) is 111 Å². The molecule has 0 unspecified atom stereocenters. The highest BCUT2D eigenvalue weighted by Gasteiger charge is 2.42. The van der Waals surface area contributed by atoms with Gasteiger partial charge in [0.2, 0.25) is 5.88 Å². The van der Waals surface area contributed by atoms with Crippen molar-refractivity contribution in [2.45, 2.75) is 43.7 Å². The highest BCUT2D eigenvalue weighted by Crippen LogP contribution is 2.37. The summed E-state index contributed by atoms with van der Waals surface area (Å²) in [4.78, 5) is 40.1. The van der Waals surface area contributed by atoms with E-state index in [9.17, 15) is 4.79 Å². The Balaban J connectivity index is 1.53. The summed E-state index contributed by atoms with van der Waals surface area (Å²) < 4.78 is 1.71. The Morgan fingerprint density at radius 1 is 1.12 bits per heavy atom. The normalized spacial score (nSPS) is 14.4. The van der Waals surface area contributed by atoms with Gasteiger partial charge in [-0.15, -0.1) is 17.2 Å². The molecule has 0 atom stereocenters. The molecule has 9 nitrogen and oxygen atoms in total. The Bertz CT molecular complexity index is 1320. The lowest BCUT2D eigenvalue weighted by atomic mass is 9.87. The van der Waals surface area contributed by atoms with Crippen molar-refractivity contribution in [2.75, 3.05) is 5.75 Å². The molecular weight excluding hydrogens is 426 g/mol. The van der Waals surface area contributed by atoms with Crippen LogP contribution in [0.3, 0.4) is 0 Å². The number of nitrogens with one attached hydrogen (secondary N) is 2. The number of fused-ring (bicyclic) bond motifs is 2. The van der Waals surface area contributed by atoms with Crippen molar-refractivity contribution >= 4 is 22.9 Å². The average Bonchev–Trinajstić information content (AvgIpc) is 3.45. The first-order valence-electron chi connectivity index (χ1n) is 10.6. The Morgan fingerprint density at radius 3 is 2.72 bits per heavy atom. The van der Waals surface area contributed by atoms with Gasteiger partial charge in [-0.2, -0.15) is 4.98 Å². The molecule has 164 valence electrons. The maximum Gasteiger partial charge on any atom is 0.267 e. The van der Waals surface area contributed by atoms with E-state index in [0.717, 1.165) is 29.1 Å². The number of H-pyrrole nitrogens is 1. The van der Waals surface area contributed by atoms with Gasteiger partial charge in [0.25, 0.3) is 5.56 Å². The fourth-order valence-corrected chi connectivity index (χ4v) is 4.96. The summed E-state index contributed by atoms with van der Waals surface area (Å²) in [5.74, 6) is 1.68. The number of hydroxylamine groups is 1. The second-order valence-electron chi connectivity index (χ2n) is 7.55. The van der Waals surface area contributed by atoms with Gasteiger partial charge < -0.3 is 9.82 Å². The molecule has 10 heteroatoms. The molecule has 2 N–H and O–H groups in total. The quantitative estimate of drug-likeness (QED) is 0.327. The molecule has 1 aliphatic heterocycles. The molecule has 4 heterocycles. The maximum absolute atomic E-state index is 13.8. The van der Waals surface area contributed by atoms with E-state index in [0.29, 0.717) is 35.1 Å². The molecule has 0 saturated heterocycles. The van der Waals surface area contributed by atoms with Gasteiger partial charge in [0.1, 0.15) is 28.3 Å². The molecule has 1 aromatic carbocycles. The number of hydrogen-bond acceptors (Lipinski definition) is 8. The minimum atomic E-state index is -0.532. The largest absolute Gasteiger partial charge is 0.387 e. The standard InChI is InChI=1S/C22H23N7O2S/c1-3-22(4-2)16-19(31-28-22)27-15(29(21(16)30)14-8-6-5-7-9-14)10-11-32-20-17-18(24-12-23-17)25-13-26-20/h5-9,12-13,28H,3-4,10-11H2,1-2H3,(H,23,24,25,26). The second-order valence-corrected chi connectivity index (χ2v) is 8.64. The number of nitrogens with zero attached hydrogens (tertiary/aromatic N) is 5. The third-order valence-electron chi connectivity index (χ3n) is 5.91. The van der Waals surface area contributed by atoms with Gasteiger partial charge in [-0.3, -0.25) is 9.36 Å². The van der Waals surface area contributed by atoms with Crippen LogP contribution < -0.4 is 15.9 Å². The number of rotatable bonds is 7. The highest BCUT2D eigenvalue weighted by molar-refractivity contribution is 7.99. The van der Waals surface area contributed by atoms with Gasteiger partial charge in [0, 0.05) is 12.2 Å². The third kappa shape index (κ3) is 3.35. The number of hydrogen-bond donors (Lipinski definition) is 2. The van der Waals surface area contributed by atoms with Gasteiger partial charge in [-0.25, -0.2) is 15.0 Å². The molecule has 32 heavy (non-hydrogen) atoms. The lowest BCUT2D eigenvalue weighted by molar-refractivity contribution is 0.117. The fraction of sp³-hybridized carbons (Fsp3) is 0.318. The first-order chi connectivity index (χ1) is 15.7. The lowest BCUT2D eigenvalue weighted by Gasteiger charge is -2.24. The Hall–Kier alpha value is -3.24. The smallest absolute Gasteiger partial charge is 0.267 e. The first kappa shape index (κ1) is 20.7. The zero-order chi connectivity index (χ0) is 22.1. The molecule has 5 rings (SSSR count). The van der Waals surface area contributed by atoms with Gasteiger partial charge in [0.15, 0.2) is 5.65 Å². The van der Waals surface area contributed by atoms with Crippen molar-refractivity contribution < 1.29 is 4.84 Å². The molecule has 4 aromatic rings. The molecule has 0 aliphatic carbocycles. The van der Waals surface area contributed by atoms with E-state index in [2.05, 4.69) is 25.4 Å². The van der Waals surface area contributed by atoms with Crippen molar-refractivity contribution in [2.24, 2.45) is 0 Å². The zero-order valence-corrected chi connectivity index (χ0v) is 18.6. The molecule has 0 amide bonds. The maximum atomic E-state index is 13.8. The zero-order valence-electron chi connectivity index (χ0n) is 17.8. The van der Waals surface area contributed by atoms with Crippen LogP contribution in [0.4, 0.5) is 0 Å². The van der Waals surface area contributed by atoms with Crippen molar-refractivity contribution in [1.82, 2.24) is 35.0 Å². The summed E-state index contributed by atoms with van der Waals surface area (Å²) in [5, 5.41) is 0.792. The summed E-state index contributed by atoms with van der Waals surface area (Å²) in [5.41, 5.74) is 5.27. The van der Waals surface area contributed by atoms with Crippen LogP contribution >= 0.6 is 11.8 Å². The van der Waals surface area contributed by atoms with Crippen LogP contribution in [0.15, 0.2) is 52.8 Å². The number of thioether (sulfide) groups is 1. The Kier molecular flexibility index (Phi) is 5.40. The average molecular weight is 450 g/mol. The van der Waals surface area contributed by atoms with Crippen LogP contribution in [-0.4, -0.2) is 35.2 Å². The van der Waals surface area contributed by atoms with E-state index >= 15 is 0 Å². The van der Waals surface area contributed by atoms with Gasteiger partial charge >= 0.3 is 0 Å². The van der Waals surface area contributed by atoms with Crippen LogP contribution in [0.2, 0.25) is 0 Å². The predicted octanol–water partition coefficient (Wildman–Crippen LogP) is 3.15. The molecule has 0 fully saturated rings. The van der Waals surface area contributed by atoms with E-state index in [1.54, 1.807) is 22.7 Å². The number of para-hydroxylation sites is 1. The summed E-state index contributed by atoms with van der Waals surface area (Å²) >= 11 is 1.56. The molecule has 0 bridgehead atoms. The highest BCUT2D eigenvalue weighted by atomic mass is 32.2. The van der Waals surface area contributed by atoms with E-state index < -0.39 is 5.54 Å². The van der Waals surface area contributed by atoms with E-state index in [1.807, 2.05) is 44.2 Å². The molecule has 0 spiro atoms. The number of aromatic nitrogens is 6. The van der Waals surface area contributed by atoms with E-state index in [4.69, 9.17) is 9.82 Å². The first-order valence-corrected chi connectivity index (χ1v) is 11.6. The van der Waals surface area contributed by atoms with Gasteiger partial charge in [-0.1, -0.05) is 32.0 Å². The van der Waals surface area contributed by atoms with Crippen LogP contribution in [-0.2, 0) is 12.0 Å². The summed E-state index contributed by atoms with van der Waals surface area (Å²) in [6.07, 6.45) is 5.13. The molecular formula is C22H23N7O2S. The molecule has 3 aromatic heterocycles. The van der Waals surface area contributed by atoms with Crippen LogP contribution in [0.1, 0.15) is 38.1 Å². The Labute approximate surface area is 188 Å². The van der Waals surface area contributed by atoms with Crippen LogP contribution in [0.5, 0.6) is 5.88 Å². The molecule has 0 radical (unpaired) electrons. The predicted molar refractivity (Wildman–Crippen MR) is 122 cm³/mol. The molecule has 0 saturated carbocycles. The third-order valence-corrected chi connectivity index (χ3v) is 6.89.